The molecule has 3 rings (SSSR count). The normalized spacial score (nSPS) is 20.9. The Morgan fingerprint density at radius 2 is 2.12 bits per heavy atom. The van der Waals surface area contributed by atoms with Crippen LogP contribution in [-0.2, 0) is 11.0 Å². The summed E-state index contributed by atoms with van der Waals surface area (Å²) in [5, 5.41) is 3.92. The van der Waals surface area contributed by atoms with E-state index in [0.717, 1.165) is 24.1 Å². The number of hydrogen-bond donors (Lipinski definition) is 0. The summed E-state index contributed by atoms with van der Waals surface area (Å²) < 4.78 is 49.6. The van der Waals surface area contributed by atoms with Crippen molar-refractivity contribution in [3.05, 3.63) is 46.8 Å². The van der Waals surface area contributed by atoms with Gasteiger partial charge in [-0.25, -0.2) is 0 Å². The van der Waals surface area contributed by atoms with Gasteiger partial charge in [0.25, 0.3) is 0 Å². The number of aryl methyl sites for hydroxylation is 2. The minimum Gasteiger partial charge on any atom is -0.490 e. The highest BCUT2D eigenvalue weighted by Crippen LogP contribution is 2.36. The summed E-state index contributed by atoms with van der Waals surface area (Å²) in [6.45, 7) is 4.02. The van der Waals surface area contributed by atoms with Crippen molar-refractivity contribution in [2.75, 3.05) is 6.54 Å². The molecule has 2 atom stereocenters. The minimum absolute atomic E-state index is 0.168. The number of benzene rings is 1. The molecular formula is C18H19F3N2O3. The molecule has 0 saturated carbocycles. The molecule has 0 aliphatic carbocycles. The molecule has 1 aromatic carbocycles. The molecule has 5 nitrogen and oxygen atoms in total. The Hall–Kier alpha value is -2.51. The highest BCUT2D eigenvalue weighted by molar-refractivity contribution is 5.50. The Labute approximate surface area is 148 Å². The quantitative estimate of drug-likeness (QED) is 0.764. The SMILES string of the molecule is Cc1noc(C)c1C1CC(Oc2cccc(C(F)(F)F)c2)CCN1C=O. The number of carbonyl (C=O) groups excluding carboxylic acids is 1. The van der Waals surface area contributed by atoms with Gasteiger partial charge in [0.05, 0.1) is 17.3 Å². The van der Waals surface area contributed by atoms with Crippen LogP contribution in [0.1, 0.15) is 41.5 Å². The molecule has 0 N–H and O–H groups in total. The van der Waals surface area contributed by atoms with Gasteiger partial charge in [-0.2, -0.15) is 13.2 Å². The Morgan fingerprint density at radius 1 is 1.35 bits per heavy atom. The zero-order valence-corrected chi connectivity index (χ0v) is 14.4. The maximum Gasteiger partial charge on any atom is 0.416 e. The number of nitrogens with zero attached hydrogens (tertiary/aromatic N) is 2. The van der Waals surface area contributed by atoms with Crippen LogP contribution in [0.15, 0.2) is 28.8 Å². The molecule has 2 unspecified atom stereocenters. The molecular weight excluding hydrogens is 349 g/mol. The lowest BCUT2D eigenvalue weighted by atomic mass is 9.92. The first kappa shape index (κ1) is 18.3. The molecule has 2 heterocycles. The van der Waals surface area contributed by atoms with Crippen LogP contribution in [0.2, 0.25) is 0 Å². The van der Waals surface area contributed by atoms with E-state index in [1.165, 1.54) is 12.1 Å². The molecule has 1 aliphatic rings. The molecule has 26 heavy (non-hydrogen) atoms. The van der Waals surface area contributed by atoms with Gasteiger partial charge in [0.15, 0.2) is 0 Å². The lowest BCUT2D eigenvalue weighted by molar-refractivity contribution is -0.137. The highest BCUT2D eigenvalue weighted by atomic mass is 19.4. The molecule has 1 amide bonds. The third kappa shape index (κ3) is 3.68. The summed E-state index contributed by atoms with van der Waals surface area (Å²) in [4.78, 5) is 13.1. The molecule has 140 valence electrons. The standard InChI is InChI=1S/C18H19F3N2O3/c1-11-17(12(2)26-22-11)16-9-15(6-7-23(16)10-24)25-14-5-3-4-13(8-14)18(19,20)21/h3-5,8,10,15-16H,6-7,9H2,1-2H3. The highest BCUT2D eigenvalue weighted by Gasteiger charge is 2.34. The van der Waals surface area contributed by atoms with Gasteiger partial charge in [-0.05, 0) is 32.0 Å². The number of ether oxygens (including phenoxy) is 1. The van der Waals surface area contributed by atoms with Crippen LogP contribution in [0.5, 0.6) is 5.75 Å². The number of carbonyl (C=O) groups is 1. The molecule has 8 heteroatoms. The smallest absolute Gasteiger partial charge is 0.416 e. The maximum atomic E-state index is 12.9. The summed E-state index contributed by atoms with van der Waals surface area (Å²) in [7, 11) is 0. The van der Waals surface area contributed by atoms with Crippen molar-refractivity contribution in [2.45, 2.75) is 45.0 Å². The van der Waals surface area contributed by atoms with Crippen molar-refractivity contribution in [2.24, 2.45) is 0 Å². The number of rotatable bonds is 4. The largest absolute Gasteiger partial charge is 0.490 e. The summed E-state index contributed by atoms with van der Waals surface area (Å²) in [5.41, 5.74) is 0.774. The topological polar surface area (TPSA) is 55.6 Å². The number of aromatic nitrogens is 1. The summed E-state index contributed by atoms with van der Waals surface area (Å²) in [6, 6.07) is 4.56. The number of hydrogen-bond acceptors (Lipinski definition) is 4. The fourth-order valence-electron chi connectivity index (χ4n) is 3.37. The Bertz CT molecular complexity index is 769. The van der Waals surface area contributed by atoms with E-state index in [-0.39, 0.29) is 17.9 Å². The second kappa shape index (κ2) is 7.01. The zero-order valence-electron chi connectivity index (χ0n) is 14.4. The Balaban J connectivity index is 1.79. The second-order valence-electron chi connectivity index (χ2n) is 6.39. The van der Waals surface area contributed by atoms with E-state index in [2.05, 4.69) is 5.16 Å². The molecule has 0 bridgehead atoms. The number of likely N-dealkylation sites (tertiary alicyclic amines) is 1. The lowest BCUT2D eigenvalue weighted by Crippen LogP contribution is -2.40. The van der Waals surface area contributed by atoms with E-state index >= 15 is 0 Å². The first-order valence-electron chi connectivity index (χ1n) is 8.27. The van der Waals surface area contributed by atoms with Crippen LogP contribution >= 0.6 is 0 Å². The second-order valence-corrected chi connectivity index (χ2v) is 6.39. The van der Waals surface area contributed by atoms with Gasteiger partial charge in [-0.1, -0.05) is 11.2 Å². The van der Waals surface area contributed by atoms with Crippen LogP contribution in [0.4, 0.5) is 13.2 Å². The van der Waals surface area contributed by atoms with Crippen molar-refractivity contribution in [1.82, 2.24) is 10.1 Å². The predicted molar refractivity (Wildman–Crippen MR) is 86.6 cm³/mol. The third-order valence-electron chi connectivity index (χ3n) is 4.62. The van der Waals surface area contributed by atoms with Gasteiger partial charge in [0, 0.05) is 24.9 Å². The van der Waals surface area contributed by atoms with Crippen LogP contribution in [0, 0.1) is 13.8 Å². The minimum atomic E-state index is -4.42. The lowest BCUT2D eigenvalue weighted by Gasteiger charge is -2.37. The van der Waals surface area contributed by atoms with Gasteiger partial charge in [0.2, 0.25) is 6.41 Å². The third-order valence-corrected chi connectivity index (χ3v) is 4.62. The van der Waals surface area contributed by atoms with E-state index in [4.69, 9.17) is 9.26 Å². The molecule has 1 aliphatic heterocycles. The molecule has 0 spiro atoms. The van der Waals surface area contributed by atoms with Crippen molar-refractivity contribution in [1.29, 1.82) is 0 Å². The van der Waals surface area contributed by atoms with Gasteiger partial charge in [-0.3, -0.25) is 4.79 Å². The zero-order chi connectivity index (χ0) is 18.9. The average molecular weight is 368 g/mol. The summed E-state index contributed by atoms with van der Waals surface area (Å²) >= 11 is 0. The van der Waals surface area contributed by atoms with Crippen molar-refractivity contribution in [3.63, 3.8) is 0 Å². The van der Waals surface area contributed by atoms with E-state index in [1.807, 2.05) is 0 Å². The maximum absolute atomic E-state index is 12.9. The fourth-order valence-corrected chi connectivity index (χ4v) is 3.37. The number of amides is 1. The average Bonchev–Trinajstić information content (AvgIpc) is 2.93. The molecule has 0 radical (unpaired) electrons. The van der Waals surface area contributed by atoms with Gasteiger partial charge in [-0.15, -0.1) is 0 Å². The van der Waals surface area contributed by atoms with Crippen LogP contribution in [0.3, 0.4) is 0 Å². The van der Waals surface area contributed by atoms with E-state index in [9.17, 15) is 18.0 Å². The number of halogens is 3. The molecule has 1 aromatic heterocycles. The van der Waals surface area contributed by atoms with Crippen molar-refractivity contribution in [3.8, 4) is 5.75 Å². The van der Waals surface area contributed by atoms with Crippen molar-refractivity contribution >= 4 is 6.41 Å². The van der Waals surface area contributed by atoms with Crippen LogP contribution in [0.25, 0.3) is 0 Å². The fraction of sp³-hybridized carbons (Fsp3) is 0.444. The van der Waals surface area contributed by atoms with E-state index < -0.39 is 11.7 Å². The van der Waals surface area contributed by atoms with E-state index in [1.54, 1.807) is 18.7 Å². The molecule has 1 fully saturated rings. The first-order valence-corrected chi connectivity index (χ1v) is 8.27. The van der Waals surface area contributed by atoms with Gasteiger partial charge < -0.3 is 14.2 Å². The van der Waals surface area contributed by atoms with Crippen molar-refractivity contribution < 1.29 is 27.2 Å². The first-order chi connectivity index (χ1) is 12.3. The monoisotopic (exact) mass is 368 g/mol. The number of piperidine rings is 1. The Morgan fingerprint density at radius 3 is 2.73 bits per heavy atom. The predicted octanol–water partition coefficient (Wildman–Crippen LogP) is 4.05. The van der Waals surface area contributed by atoms with Gasteiger partial charge >= 0.3 is 6.18 Å². The van der Waals surface area contributed by atoms with Crippen LogP contribution < -0.4 is 4.74 Å². The van der Waals surface area contributed by atoms with E-state index in [0.29, 0.717) is 30.8 Å². The van der Waals surface area contributed by atoms with Crippen LogP contribution in [-0.4, -0.2) is 29.1 Å². The molecule has 2 aromatic rings. The summed E-state index contributed by atoms with van der Waals surface area (Å²) in [5.74, 6) is 0.793. The van der Waals surface area contributed by atoms with Gasteiger partial charge in [0.1, 0.15) is 17.6 Å². The molecule has 1 saturated heterocycles. The number of alkyl halides is 3. The Kier molecular flexibility index (Phi) is 4.93. The summed E-state index contributed by atoms with van der Waals surface area (Å²) in [6.07, 6.45) is -2.96.